The van der Waals surface area contributed by atoms with E-state index < -0.39 is 15.8 Å². The van der Waals surface area contributed by atoms with Crippen molar-refractivity contribution in [1.29, 1.82) is 0 Å². The van der Waals surface area contributed by atoms with Crippen molar-refractivity contribution in [2.45, 2.75) is 11.8 Å². The highest BCUT2D eigenvalue weighted by molar-refractivity contribution is 14.1. The van der Waals surface area contributed by atoms with Gasteiger partial charge in [0.2, 0.25) is 0 Å². The summed E-state index contributed by atoms with van der Waals surface area (Å²) < 4.78 is 40.8. The number of hydrogen-bond acceptors (Lipinski definition) is 3. The van der Waals surface area contributed by atoms with Crippen LogP contribution in [0.1, 0.15) is 5.56 Å². The van der Waals surface area contributed by atoms with E-state index in [0.29, 0.717) is 19.8 Å². The predicted octanol–water partition coefficient (Wildman–Crippen LogP) is 3.78. The molecule has 0 aromatic heterocycles. The molecule has 0 amide bonds. The molecule has 4 nitrogen and oxygen atoms in total. The molecule has 8 heteroatoms. The van der Waals surface area contributed by atoms with Crippen molar-refractivity contribution in [3.05, 3.63) is 50.3 Å². The maximum atomic E-state index is 13.1. The van der Waals surface area contributed by atoms with Crippen LogP contribution in [0.25, 0.3) is 0 Å². The lowest BCUT2D eigenvalue weighted by Crippen LogP contribution is -2.15. The van der Waals surface area contributed by atoms with Gasteiger partial charge in [-0.1, -0.05) is 11.6 Å². The molecule has 0 aliphatic heterocycles. The molecule has 0 radical (unpaired) electrons. The van der Waals surface area contributed by atoms with Crippen LogP contribution in [0.5, 0.6) is 0 Å². The number of rotatable bonds is 3. The van der Waals surface area contributed by atoms with Crippen LogP contribution < -0.4 is 10.5 Å². The first-order valence-electron chi connectivity index (χ1n) is 5.74. The van der Waals surface area contributed by atoms with Gasteiger partial charge in [0.25, 0.3) is 10.0 Å². The molecule has 0 unspecified atom stereocenters. The van der Waals surface area contributed by atoms with E-state index >= 15 is 0 Å². The lowest BCUT2D eigenvalue weighted by molar-refractivity contribution is 0.600. The summed E-state index contributed by atoms with van der Waals surface area (Å²) in [4.78, 5) is 0.0320. The Morgan fingerprint density at radius 1 is 1.29 bits per heavy atom. The van der Waals surface area contributed by atoms with Crippen LogP contribution in [-0.4, -0.2) is 8.42 Å². The van der Waals surface area contributed by atoms with E-state index in [9.17, 15) is 12.8 Å². The Balaban J connectivity index is 2.46. The Kier molecular flexibility index (Phi) is 4.64. The van der Waals surface area contributed by atoms with E-state index in [1.54, 1.807) is 6.92 Å². The van der Waals surface area contributed by atoms with Gasteiger partial charge in [-0.15, -0.1) is 0 Å². The molecule has 0 fully saturated rings. The van der Waals surface area contributed by atoms with E-state index in [4.69, 9.17) is 17.3 Å². The summed E-state index contributed by atoms with van der Waals surface area (Å²) in [5, 5.41) is 0.294. The molecule has 2 rings (SSSR count). The van der Waals surface area contributed by atoms with Crippen LogP contribution in [0.3, 0.4) is 0 Å². The van der Waals surface area contributed by atoms with Gasteiger partial charge in [0.15, 0.2) is 0 Å². The van der Waals surface area contributed by atoms with Crippen molar-refractivity contribution in [2.24, 2.45) is 0 Å². The van der Waals surface area contributed by atoms with E-state index in [1.165, 1.54) is 30.3 Å². The number of benzene rings is 2. The average Bonchev–Trinajstić information content (AvgIpc) is 2.37. The minimum atomic E-state index is -3.83. The Morgan fingerprint density at radius 3 is 2.57 bits per heavy atom. The highest BCUT2D eigenvalue weighted by Gasteiger charge is 2.19. The smallest absolute Gasteiger partial charge is 0.262 e. The van der Waals surface area contributed by atoms with Crippen LogP contribution in [0.15, 0.2) is 35.2 Å². The number of nitrogen functional groups attached to an aromatic ring is 1. The Hall–Kier alpha value is -1.06. The molecule has 0 bridgehead atoms. The van der Waals surface area contributed by atoms with Gasteiger partial charge in [-0.2, -0.15) is 0 Å². The number of nitrogens with two attached hydrogens (primary N) is 1. The van der Waals surface area contributed by atoms with E-state index in [-0.39, 0.29) is 10.6 Å². The predicted molar refractivity (Wildman–Crippen MR) is 90.5 cm³/mol. The van der Waals surface area contributed by atoms with Gasteiger partial charge in [0, 0.05) is 3.57 Å². The third-order valence-corrected chi connectivity index (χ3v) is 5.49. The topological polar surface area (TPSA) is 72.2 Å². The van der Waals surface area contributed by atoms with Gasteiger partial charge in [0.05, 0.1) is 21.3 Å². The van der Waals surface area contributed by atoms with Crippen molar-refractivity contribution >= 4 is 55.6 Å². The average molecular weight is 441 g/mol. The van der Waals surface area contributed by atoms with Gasteiger partial charge in [-0.3, -0.25) is 4.72 Å². The fourth-order valence-corrected chi connectivity index (χ4v) is 4.09. The van der Waals surface area contributed by atoms with E-state index in [1.807, 2.05) is 22.6 Å². The molecular weight excluding hydrogens is 430 g/mol. The summed E-state index contributed by atoms with van der Waals surface area (Å²) in [6.45, 7) is 1.62. The molecule has 0 spiro atoms. The zero-order valence-corrected chi connectivity index (χ0v) is 14.6. The summed E-state index contributed by atoms with van der Waals surface area (Å²) >= 11 is 7.71. The Labute approximate surface area is 140 Å². The molecule has 0 atom stereocenters. The number of aryl methyl sites for hydroxylation is 1. The SMILES string of the molecule is Cc1cc(Cl)c(N)cc1S(=O)(=O)Nc1ccc(F)cc1I. The van der Waals surface area contributed by atoms with Gasteiger partial charge < -0.3 is 5.73 Å². The summed E-state index contributed by atoms with van der Waals surface area (Å²) in [6.07, 6.45) is 0. The van der Waals surface area contributed by atoms with Crippen molar-refractivity contribution in [3.8, 4) is 0 Å². The summed E-state index contributed by atoms with van der Waals surface area (Å²) in [7, 11) is -3.83. The fraction of sp³-hybridized carbons (Fsp3) is 0.0769. The molecule has 0 aliphatic rings. The first kappa shape index (κ1) is 16.3. The third kappa shape index (κ3) is 3.58. The fourth-order valence-electron chi connectivity index (χ4n) is 1.73. The second-order valence-electron chi connectivity index (χ2n) is 4.37. The molecule has 0 saturated heterocycles. The van der Waals surface area contributed by atoms with Crippen LogP contribution in [-0.2, 0) is 10.0 Å². The van der Waals surface area contributed by atoms with Crippen molar-refractivity contribution in [3.63, 3.8) is 0 Å². The molecule has 0 heterocycles. The lowest BCUT2D eigenvalue weighted by atomic mass is 10.2. The Bertz CT molecular complexity index is 812. The first-order valence-corrected chi connectivity index (χ1v) is 8.68. The monoisotopic (exact) mass is 440 g/mol. The highest BCUT2D eigenvalue weighted by atomic mass is 127. The molecule has 3 N–H and O–H groups in total. The first-order chi connectivity index (χ1) is 9.70. The third-order valence-electron chi connectivity index (χ3n) is 2.76. The number of nitrogens with one attached hydrogen (secondary N) is 1. The van der Waals surface area contributed by atoms with Crippen LogP contribution >= 0.6 is 34.2 Å². The molecular formula is C13H11ClFIN2O2S. The normalized spacial score (nSPS) is 11.4. The second-order valence-corrected chi connectivity index (χ2v) is 7.59. The zero-order valence-electron chi connectivity index (χ0n) is 10.8. The number of anilines is 2. The largest absolute Gasteiger partial charge is 0.397 e. The van der Waals surface area contributed by atoms with Gasteiger partial charge in [0.1, 0.15) is 5.82 Å². The number of halogens is 3. The molecule has 112 valence electrons. The summed E-state index contributed by atoms with van der Waals surface area (Å²) in [6, 6.07) is 6.57. The standard InChI is InChI=1S/C13H11ClFIN2O2S/c1-7-4-9(14)11(17)6-13(7)21(19,20)18-12-3-2-8(15)5-10(12)16/h2-6,18H,17H2,1H3. The minimum absolute atomic E-state index is 0.0320. The number of hydrogen-bond donors (Lipinski definition) is 2. The molecule has 2 aromatic rings. The van der Waals surface area contributed by atoms with Crippen molar-refractivity contribution in [1.82, 2.24) is 0 Å². The quantitative estimate of drug-likeness (QED) is 0.564. The van der Waals surface area contributed by atoms with Crippen molar-refractivity contribution < 1.29 is 12.8 Å². The van der Waals surface area contributed by atoms with Crippen LogP contribution in [0, 0.1) is 16.3 Å². The molecule has 0 saturated carbocycles. The zero-order chi connectivity index (χ0) is 15.8. The van der Waals surface area contributed by atoms with Gasteiger partial charge in [-0.05, 0) is 65.4 Å². The maximum Gasteiger partial charge on any atom is 0.262 e. The van der Waals surface area contributed by atoms with Crippen LogP contribution in [0.4, 0.5) is 15.8 Å². The molecule has 0 aliphatic carbocycles. The van der Waals surface area contributed by atoms with E-state index in [0.717, 1.165) is 0 Å². The maximum absolute atomic E-state index is 13.1. The Morgan fingerprint density at radius 2 is 1.95 bits per heavy atom. The lowest BCUT2D eigenvalue weighted by Gasteiger charge is -2.13. The second kappa shape index (κ2) is 5.98. The minimum Gasteiger partial charge on any atom is -0.397 e. The van der Waals surface area contributed by atoms with E-state index in [2.05, 4.69) is 4.72 Å². The number of sulfonamides is 1. The van der Waals surface area contributed by atoms with Gasteiger partial charge >= 0.3 is 0 Å². The summed E-state index contributed by atoms with van der Waals surface area (Å²) in [5.41, 5.74) is 6.60. The summed E-state index contributed by atoms with van der Waals surface area (Å²) in [5.74, 6) is -0.436. The van der Waals surface area contributed by atoms with Crippen molar-refractivity contribution in [2.75, 3.05) is 10.5 Å². The highest BCUT2D eigenvalue weighted by Crippen LogP contribution is 2.28. The molecule has 21 heavy (non-hydrogen) atoms. The van der Waals surface area contributed by atoms with Crippen LogP contribution in [0.2, 0.25) is 5.02 Å². The van der Waals surface area contributed by atoms with Gasteiger partial charge in [-0.25, -0.2) is 12.8 Å². The molecule has 2 aromatic carbocycles.